The molecule has 306 valence electrons. The second-order valence-electron chi connectivity index (χ2n) is 15.8. The fourth-order valence-corrected chi connectivity index (χ4v) is 9.88. The van der Waals surface area contributed by atoms with Gasteiger partial charge in [-0.3, -0.25) is 9.35 Å². The van der Waals surface area contributed by atoms with E-state index >= 15 is 0 Å². The third-order valence-corrected chi connectivity index (χ3v) is 14.0. The van der Waals surface area contributed by atoms with Crippen molar-refractivity contribution in [1.82, 2.24) is 4.31 Å². The third kappa shape index (κ3) is 16.2. The Labute approximate surface area is 330 Å². The molecule has 1 N–H and O–H groups in total. The maximum atomic E-state index is 14.1. The van der Waals surface area contributed by atoms with Gasteiger partial charge in [0.1, 0.15) is 0 Å². The largest absolute Gasteiger partial charge is 0.294 e. The van der Waals surface area contributed by atoms with Crippen LogP contribution in [0.3, 0.4) is 0 Å². The van der Waals surface area contributed by atoms with Crippen LogP contribution in [0.5, 0.6) is 0 Å². The molecule has 0 saturated carbocycles. The van der Waals surface area contributed by atoms with Crippen molar-refractivity contribution in [2.24, 2.45) is 0 Å². The molecule has 7 nitrogen and oxygen atoms in total. The van der Waals surface area contributed by atoms with Gasteiger partial charge in [0, 0.05) is 24.2 Å². The lowest BCUT2D eigenvalue weighted by molar-refractivity contribution is 0.104. The molecule has 1 aliphatic carbocycles. The molecule has 9 heteroatoms. The van der Waals surface area contributed by atoms with Crippen LogP contribution in [-0.2, 0) is 20.1 Å². The van der Waals surface area contributed by atoms with Crippen LogP contribution < -0.4 is 0 Å². The van der Waals surface area contributed by atoms with Crippen LogP contribution in [0.2, 0.25) is 0 Å². The molecule has 0 aliphatic heterocycles. The van der Waals surface area contributed by atoms with Gasteiger partial charge in [-0.05, 0) is 48.2 Å². The zero-order chi connectivity index (χ0) is 39.1. The molecule has 2 aromatic carbocycles. The lowest BCUT2D eigenvalue weighted by Crippen LogP contribution is -2.33. The summed E-state index contributed by atoms with van der Waals surface area (Å²) < 4.78 is 62.8. The molecular weight excluding hydrogens is 715 g/mol. The molecule has 1 aliphatic rings. The summed E-state index contributed by atoms with van der Waals surface area (Å²) in [5, 5.41) is 0. The van der Waals surface area contributed by atoms with E-state index in [-0.39, 0.29) is 20.9 Å². The van der Waals surface area contributed by atoms with Gasteiger partial charge >= 0.3 is 0 Å². The van der Waals surface area contributed by atoms with E-state index in [9.17, 15) is 26.2 Å². The van der Waals surface area contributed by atoms with Crippen LogP contribution in [0.1, 0.15) is 210 Å². The van der Waals surface area contributed by atoms with Crippen molar-refractivity contribution < 1.29 is 26.2 Å². The van der Waals surface area contributed by atoms with E-state index in [0.29, 0.717) is 24.2 Å². The third-order valence-electron chi connectivity index (χ3n) is 11.2. The summed E-state index contributed by atoms with van der Waals surface area (Å²) in [5.74, 6) is -0.437. The summed E-state index contributed by atoms with van der Waals surface area (Å²) >= 11 is 0. The first-order valence-electron chi connectivity index (χ1n) is 21.9. The normalized spacial score (nSPS) is 12.9. The van der Waals surface area contributed by atoms with Crippen molar-refractivity contribution in [3.63, 3.8) is 0 Å². The maximum Gasteiger partial charge on any atom is 0.294 e. The van der Waals surface area contributed by atoms with E-state index in [2.05, 4.69) is 13.8 Å². The number of hydrogen-bond acceptors (Lipinski definition) is 5. The molecule has 0 bridgehead atoms. The highest BCUT2D eigenvalue weighted by Crippen LogP contribution is 2.39. The first-order chi connectivity index (χ1) is 26.1. The van der Waals surface area contributed by atoms with Crippen molar-refractivity contribution in [3.05, 3.63) is 47.5 Å². The first-order valence-corrected chi connectivity index (χ1v) is 24.8. The van der Waals surface area contributed by atoms with Crippen LogP contribution >= 0.6 is 0 Å². The van der Waals surface area contributed by atoms with Gasteiger partial charge in [-0.15, -0.1) is 0 Å². The summed E-state index contributed by atoms with van der Waals surface area (Å²) in [6, 6.07) is 8.58. The molecule has 0 unspecified atom stereocenters. The van der Waals surface area contributed by atoms with E-state index in [4.69, 9.17) is 0 Å². The van der Waals surface area contributed by atoms with Crippen molar-refractivity contribution >= 4 is 25.9 Å². The number of hydrogen-bond donors (Lipinski definition) is 1. The van der Waals surface area contributed by atoms with E-state index < -0.39 is 25.9 Å². The molecule has 0 fully saturated rings. The van der Waals surface area contributed by atoms with Gasteiger partial charge in [-0.25, -0.2) is 8.42 Å². The summed E-state index contributed by atoms with van der Waals surface area (Å²) in [6.07, 6.45) is 34.8. The zero-order valence-corrected chi connectivity index (χ0v) is 35.6. The molecule has 0 saturated heterocycles. The Balaban J connectivity index is 1.49. The maximum absolute atomic E-state index is 14.1. The Morgan fingerprint density at radius 1 is 0.426 bits per heavy atom. The molecule has 0 heterocycles. The van der Waals surface area contributed by atoms with E-state index in [1.165, 1.54) is 166 Å². The Kier molecular flexibility index (Phi) is 22.3. The Morgan fingerprint density at radius 2 is 0.722 bits per heavy atom. The van der Waals surface area contributed by atoms with Gasteiger partial charge < -0.3 is 0 Å². The lowest BCUT2D eigenvalue weighted by atomic mass is 10.0. The zero-order valence-electron chi connectivity index (χ0n) is 33.9. The van der Waals surface area contributed by atoms with Crippen LogP contribution in [0, 0.1) is 0 Å². The van der Waals surface area contributed by atoms with Gasteiger partial charge in [0.25, 0.3) is 10.1 Å². The van der Waals surface area contributed by atoms with Crippen molar-refractivity contribution in [3.8, 4) is 11.1 Å². The minimum absolute atomic E-state index is 0.0909. The van der Waals surface area contributed by atoms with Crippen LogP contribution in [0.4, 0.5) is 0 Å². The smallest absolute Gasteiger partial charge is 0.289 e. The molecule has 54 heavy (non-hydrogen) atoms. The van der Waals surface area contributed by atoms with Crippen LogP contribution in [0.25, 0.3) is 11.1 Å². The monoisotopic (exact) mass is 787 g/mol. The van der Waals surface area contributed by atoms with E-state index in [0.717, 1.165) is 38.5 Å². The Hall–Kier alpha value is -2.07. The highest BCUT2D eigenvalue weighted by atomic mass is 32.2. The number of benzene rings is 2. The average molecular weight is 788 g/mol. The molecular formula is C45H73NO6S2. The van der Waals surface area contributed by atoms with E-state index in [1.54, 1.807) is 16.4 Å². The summed E-state index contributed by atoms with van der Waals surface area (Å²) in [5.41, 5.74) is 1.50. The number of unbranched alkanes of at least 4 members (excludes halogenated alkanes) is 26. The number of fused-ring (bicyclic) bond motifs is 3. The predicted molar refractivity (Wildman–Crippen MR) is 225 cm³/mol. The lowest BCUT2D eigenvalue weighted by Gasteiger charge is -2.23. The number of nitrogens with zero attached hydrogens (tertiary/aromatic N) is 1. The number of rotatable bonds is 33. The number of ketones is 1. The first kappa shape index (κ1) is 46.3. The van der Waals surface area contributed by atoms with Gasteiger partial charge in [-0.1, -0.05) is 193 Å². The second-order valence-corrected chi connectivity index (χ2v) is 19.2. The fourth-order valence-electron chi connectivity index (χ4n) is 7.82. The topological polar surface area (TPSA) is 109 Å². The number of sulfonamides is 1. The Bertz CT molecular complexity index is 1560. The van der Waals surface area contributed by atoms with Gasteiger partial charge in [-0.2, -0.15) is 12.7 Å². The van der Waals surface area contributed by atoms with E-state index in [1.807, 2.05) is 0 Å². The second kappa shape index (κ2) is 26.0. The fraction of sp³-hybridized carbons (Fsp3) is 0.711. The van der Waals surface area contributed by atoms with Gasteiger partial charge in [0.15, 0.2) is 5.78 Å². The van der Waals surface area contributed by atoms with Gasteiger partial charge in [0.2, 0.25) is 10.0 Å². The minimum Gasteiger partial charge on any atom is -0.289 e. The van der Waals surface area contributed by atoms with Gasteiger partial charge in [0.05, 0.1) is 9.79 Å². The van der Waals surface area contributed by atoms with Crippen LogP contribution in [0.15, 0.2) is 46.2 Å². The Morgan fingerprint density at radius 3 is 1.06 bits per heavy atom. The standard InChI is InChI=1S/C45H73NO6S2/c1-3-5-7-9-11-13-15-17-19-21-23-25-27-29-35-46(36-30-28-26-24-22-20-18-16-14-12-10-8-6-4-2)53(48,49)39-31-33-41-42-34-32-40(54(50,51)52)38-44(42)45(47)43(41)37-39/h31-34,37-38H,3-30,35-36H2,1-2H3,(H,50,51,52). The van der Waals surface area contributed by atoms with Crippen molar-refractivity contribution in [2.75, 3.05) is 13.1 Å². The molecule has 3 rings (SSSR count). The summed E-state index contributed by atoms with van der Waals surface area (Å²) in [4.78, 5) is 13.1. The molecule has 0 atom stereocenters. The van der Waals surface area contributed by atoms with Crippen LogP contribution in [-0.4, -0.2) is 44.6 Å². The average Bonchev–Trinajstić information content (AvgIpc) is 3.43. The predicted octanol–water partition coefficient (Wildman–Crippen LogP) is 13.1. The minimum atomic E-state index is -4.48. The highest BCUT2D eigenvalue weighted by Gasteiger charge is 2.32. The highest BCUT2D eigenvalue weighted by molar-refractivity contribution is 7.89. The van der Waals surface area contributed by atoms with Crippen molar-refractivity contribution in [2.45, 2.75) is 203 Å². The summed E-state index contributed by atoms with van der Waals surface area (Å²) in [7, 11) is -8.34. The number of carbonyl (C=O) groups is 1. The SMILES string of the molecule is CCCCCCCCCCCCCCCCN(CCCCCCCCCCCCCCCC)S(=O)(=O)c1ccc2c(c1)C(=O)c1cc(S(=O)(=O)O)ccc1-2. The number of carbonyl (C=O) groups excluding carboxylic acids is 1. The van der Waals surface area contributed by atoms with Crippen molar-refractivity contribution in [1.29, 1.82) is 0 Å². The summed E-state index contributed by atoms with van der Waals surface area (Å²) in [6.45, 7) is 5.44. The molecule has 0 aromatic heterocycles. The quantitative estimate of drug-likeness (QED) is 0.0486. The molecule has 0 radical (unpaired) electrons. The molecule has 0 amide bonds. The molecule has 2 aromatic rings. The molecule has 0 spiro atoms.